The Kier molecular flexibility index (Phi) is 10.0. The lowest BCUT2D eigenvalue weighted by atomic mass is 10.0. The topological polar surface area (TPSA) is 86.8 Å². The van der Waals surface area contributed by atoms with Crippen molar-refractivity contribution in [1.82, 2.24) is 10.2 Å². The minimum absolute atomic E-state index is 0.00424. The van der Waals surface area contributed by atoms with Crippen molar-refractivity contribution in [3.05, 3.63) is 100 Å². The number of hydrogen-bond donors (Lipinski definition) is 1. The number of carbonyl (C=O) groups excluding carboxylic acids is 2. The van der Waals surface area contributed by atoms with Gasteiger partial charge in [-0.05, 0) is 55.2 Å². The van der Waals surface area contributed by atoms with E-state index in [1.807, 2.05) is 30.3 Å². The lowest BCUT2D eigenvalue weighted by molar-refractivity contribution is -0.140. The molecule has 4 rings (SSSR count). The molecule has 1 atom stereocenters. The molecule has 2 amide bonds. The molecule has 0 bridgehead atoms. The molecule has 1 aliphatic carbocycles. The molecule has 41 heavy (non-hydrogen) atoms. The fraction of sp³-hybridized carbons (Fsp3) is 0.355. The van der Waals surface area contributed by atoms with Crippen molar-refractivity contribution in [2.24, 2.45) is 0 Å². The van der Waals surface area contributed by atoms with Crippen molar-refractivity contribution in [3.63, 3.8) is 0 Å². The number of nitrogens with one attached hydrogen (secondary N) is 1. The molecule has 0 aliphatic heterocycles. The summed E-state index contributed by atoms with van der Waals surface area (Å²) in [6.07, 6.45) is 4.92. The Morgan fingerprint density at radius 1 is 1.02 bits per heavy atom. The van der Waals surface area contributed by atoms with Gasteiger partial charge in [0, 0.05) is 29.6 Å². The van der Waals surface area contributed by atoms with Gasteiger partial charge in [-0.1, -0.05) is 73.0 Å². The first kappa shape index (κ1) is 30.5. The number of anilines is 1. The second-order valence-corrected chi connectivity index (χ2v) is 12.9. The highest BCUT2D eigenvalue weighted by Crippen LogP contribution is 2.27. The Labute approximate surface area is 246 Å². The molecule has 0 radical (unpaired) electrons. The second-order valence-electron chi connectivity index (χ2n) is 10.5. The third-order valence-electron chi connectivity index (χ3n) is 7.38. The van der Waals surface area contributed by atoms with Gasteiger partial charge in [-0.25, -0.2) is 12.8 Å². The van der Waals surface area contributed by atoms with E-state index in [0.717, 1.165) is 41.8 Å². The van der Waals surface area contributed by atoms with Gasteiger partial charge in [-0.15, -0.1) is 0 Å². The number of aryl methyl sites for hydroxylation is 1. The van der Waals surface area contributed by atoms with Crippen LogP contribution >= 0.6 is 11.6 Å². The van der Waals surface area contributed by atoms with Gasteiger partial charge in [-0.2, -0.15) is 0 Å². The van der Waals surface area contributed by atoms with Crippen LogP contribution in [0.5, 0.6) is 0 Å². The fourth-order valence-electron chi connectivity index (χ4n) is 5.23. The fourth-order valence-corrected chi connectivity index (χ4v) is 6.36. The molecule has 0 heterocycles. The van der Waals surface area contributed by atoms with Crippen LogP contribution in [0.2, 0.25) is 5.02 Å². The van der Waals surface area contributed by atoms with Gasteiger partial charge in [0.2, 0.25) is 21.8 Å². The summed E-state index contributed by atoms with van der Waals surface area (Å²) in [6, 6.07) is 19.0. The van der Waals surface area contributed by atoms with Crippen molar-refractivity contribution in [2.45, 2.75) is 57.7 Å². The first-order valence-corrected chi connectivity index (χ1v) is 15.9. The molecule has 1 fully saturated rings. The van der Waals surface area contributed by atoms with Crippen LogP contribution in [-0.2, 0) is 32.6 Å². The molecule has 7 nitrogen and oxygen atoms in total. The largest absolute Gasteiger partial charge is 0.352 e. The van der Waals surface area contributed by atoms with E-state index in [4.69, 9.17) is 11.6 Å². The molecule has 1 saturated carbocycles. The Morgan fingerprint density at radius 3 is 2.32 bits per heavy atom. The predicted molar refractivity (Wildman–Crippen MR) is 160 cm³/mol. The van der Waals surface area contributed by atoms with Crippen LogP contribution in [0.1, 0.15) is 42.4 Å². The lowest BCUT2D eigenvalue weighted by Gasteiger charge is -2.34. The molecule has 10 heteroatoms. The molecule has 0 spiro atoms. The second kappa shape index (κ2) is 13.5. The third kappa shape index (κ3) is 8.07. The zero-order valence-electron chi connectivity index (χ0n) is 23.2. The van der Waals surface area contributed by atoms with E-state index in [-0.39, 0.29) is 30.5 Å². The number of amides is 2. The van der Waals surface area contributed by atoms with Crippen molar-refractivity contribution in [1.29, 1.82) is 0 Å². The summed E-state index contributed by atoms with van der Waals surface area (Å²) in [5.41, 5.74) is 1.90. The zero-order valence-corrected chi connectivity index (χ0v) is 24.8. The predicted octanol–water partition coefficient (Wildman–Crippen LogP) is 5.25. The van der Waals surface area contributed by atoms with E-state index >= 15 is 0 Å². The first-order valence-electron chi connectivity index (χ1n) is 13.6. The normalized spacial score (nSPS) is 14.4. The lowest BCUT2D eigenvalue weighted by Crippen LogP contribution is -2.54. The Morgan fingerprint density at radius 2 is 1.68 bits per heavy atom. The molecular weight excluding hydrogens is 565 g/mol. The molecule has 218 valence electrons. The van der Waals surface area contributed by atoms with Crippen molar-refractivity contribution < 1.29 is 22.4 Å². The van der Waals surface area contributed by atoms with Gasteiger partial charge < -0.3 is 10.2 Å². The summed E-state index contributed by atoms with van der Waals surface area (Å²) >= 11 is 6.10. The van der Waals surface area contributed by atoms with E-state index in [0.29, 0.717) is 16.3 Å². The van der Waals surface area contributed by atoms with E-state index in [2.05, 4.69) is 5.32 Å². The summed E-state index contributed by atoms with van der Waals surface area (Å²) in [4.78, 5) is 29.3. The Balaban J connectivity index is 1.75. The van der Waals surface area contributed by atoms with Gasteiger partial charge >= 0.3 is 0 Å². The highest BCUT2D eigenvalue weighted by molar-refractivity contribution is 7.92. The number of nitrogens with zero attached hydrogens (tertiary/aromatic N) is 2. The van der Waals surface area contributed by atoms with Gasteiger partial charge in [-0.3, -0.25) is 13.9 Å². The van der Waals surface area contributed by atoms with E-state index < -0.39 is 34.3 Å². The molecular formula is C31H35ClFN3O4S. The smallest absolute Gasteiger partial charge is 0.244 e. The number of benzene rings is 3. The van der Waals surface area contributed by atoms with Crippen LogP contribution in [0.4, 0.5) is 10.1 Å². The number of rotatable bonds is 11. The maximum Gasteiger partial charge on any atom is 0.244 e. The molecule has 0 unspecified atom stereocenters. The van der Waals surface area contributed by atoms with Crippen LogP contribution in [0.25, 0.3) is 0 Å². The van der Waals surface area contributed by atoms with Gasteiger partial charge in [0.05, 0.1) is 11.9 Å². The zero-order chi connectivity index (χ0) is 29.6. The summed E-state index contributed by atoms with van der Waals surface area (Å²) in [6.45, 7) is 0.921. The number of sulfonamides is 1. The highest BCUT2D eigenvalue weighted by Gasteiger charge is 2.34. The summed E-state index contributed by atoms with van der Waals surface area (Å²) in [5, 5.41) is 3.52. The van der Waals surface area contributed by atoms with E-state index in [1.54, 1.807) is 43.3 Å². The maximum atomic E-state index is 14.9. The van der Waals surface area contributed by atoms with Crippen LogP contribution in [-0.4, -0.2) is 50.0 Å². The van der Waals surface area contributed by atoms with Gasteiger partial charge in [0.25, 0.3) is 0 Å². The summed E-state index contributed by atoms with van der Waals surface area (Å²) in [5.74, 6) is -1.50. The minimum atomic E-state index is -3.92. The van der Waals surface area contributed by atoms with E-state index in [9.17, 15) is 22.4 Å². The maximum absolute atomic E-state index is 14.9. The monoisotopic (exact) mass is 599 g/mol. The summed E-state index contributed by atoms with van der Waals surface area (Å²) in [7, 11) is -3.92. The molecule has 0 saturated heterocycles. The van der Waals surface area contributed by atoms with Crippen LogP contribution in [0, 0.1) is 12.7 Å². The van der Waals surface area contributed by atoms with Crippen LogP contribution in [0.3, 0.4) is 0 Å². The minimum Gasteiger partial charge on any atom is -0.352 e. The molecule has 3 aromatic carbocycles. The number of halogens is 2. The van der Waals surface area contributed by atoms with Crippen LogP contribution in [0.15, 0.2) is 72.8 Å². The average molecular weight is 600 g/mol. The van der Waals surface area contributed by atoms with Crippen LogP contribution < -0.4 is 9.62 Å². The van der Waals surface area contributed by atoms with Crippen molar-refractivity contribution >= 4 is 39.1 Å². The molecule has 1 N–H and O–H groups in total. The standard InChI is InChI=1S/C31H35ClFN3O4S/c1-22-18-25(32)16-17-28(22)36(41(2,39)40)21-30(37)35(20-24-12-6-9-15-27(24)33)29(19-23-10-4-3-5-11-23)31(38)34-26-13-7-8-14-26/h3-6,9-12,15-18,26,29H,7-8,13-14,19-21H2,1-2H3,(H,34,38)/t29-/m1/s1. The van der Waals surface area contributed by atoms with Crippen molar-refractivity contribution in [2.75, 3.05) is 17.1 Å². The molecule has 0 aromatic heterocycles. The Bertz CT molecular complexity index is 1480. The molecule has 3 aromatic rings. The first-order chi connectivity index (χ1) is 19.5. The third-order valence-corrected chi connectivity index (χ3v) is 8.74. The number of carbonyl (C=O) groups is 2. The highest BCUT2D eigenvalue weighted by atomic mass is 35.5. The Hall–Kier alpha value is -3.43. The van der Waals surface area contributed by atoms with Gasteiger partial charge in [0.15, 0.2) is 0 Å². The SMILES string of the molecule is Cc1cc(Cl)ccc1N(CC(=O)N(Cc1ccccc1F)[C@H](Cc1ccccc1)C(=O)NC1CCCC1)S(C)(=O)=O. The van der Waals surface area contributed by atoms with Crippen molar-refractivity contribution in [3.8, 4) is 0 Å². The number of hydrogen-bond acceptors (Lipinski definition) is 4. The molecule has 1 aliphatic rings. The average Bonchev–Trinajstić information content (AvgIpc) is 3.43. The van der Waals surface area contributed by atoms with E-state index in [1.165, 1.54) is 11.0 Å². The van der Waals surface area contributed by atoms with Gasteiger partial charge in [0.1, 0.15) is 18.4 Å². The summed E-state index contributed by atoms with van der Waals surface area (Å²) < 4.78 is 41.8. The quantitative estimate of drug-likeness (QED) is 0.326.